The monoisotopic (exact) mass is 388 g/mol. The van der Waals surface area contributed by atoms with Gasteiger partial charge in [-0.05, 0) is 31.2 Å². The molecule has 6 nitrogen and oxygen atoms in total. The first kappa shape index (κ1) is 19.2. The Morgan fingerprint density at radius 1 is 1.37 bits per heavy atom. The molecule has 142 valence electrons. The summed E-state index contributed by atoms with van der Waals surface area (Å²) in [6.07, 6.45) is 1.70. The summed E-state index contributed by atoms with van der Waals surface area (Å²) in [7, 11) is 0. The first-order chi connectivity index (χ1) is 12.8. The Morgan fingerprint density at radius 2 is 2.15 bits per heavy atom. The fourth-order valence-corrected chi connectivity index (χ4v) is 3.05. The van der Waals surface area contributed by atoms with Crippen molar-refractivity contribution in [3.8, 4) is 22.8 Å². The highest BCUT2D eigenvalue weighted by Gasteiger charge is 2.25. The highest BCUT2D eigenvalue weighted by atomic mass is 35.5. The van der Waals surface area contributed by atoms with Gasteiger partial charge in [-0.15, -0.1) is 0 Å². The third-order valence-corrected chi connectivity index (χ3v) is 4.89. The minimum Gasteiger partial charge on any atom is -0.504 e. The Morgan fingerprint density at radius 3 is 2.81 bits per heavy atom. The fourth-order valence-electron chi connectivity index (χ4n) is 2.94. The molecule has 7 heteroatoms. The van der Waals surface area contributed by atoms with Gasteiger partial charge in [0.2, 0.25) is 5.91 Å². The molecule has 0 saturated carbocycles. The Bertz CT molecular complexity index is 867. The third kappa shape index (κ3) is 4.39. The smallest absolute Gasteiger partial charge is 0.223 e. The maximum atomic E-state index is 12.6. The molecule has 2 aromatic rings. The maximum Gasteiger partial charge on any atom is 0.223 e. The SMILES string of the molecule is CC(=O)C(C)CC(=O)N1CCOc2c(O)cc(-c3ccc(Cl)cn3)cc2C1. The number of phenols is 1. The highest BCUT2D eigenvalue weighted by molar-refractivity contribution is 6.30. The molecule has 1 aliphatic heterocycles. The molecule has 1 N–H and O–H groups in total. The van der Waals surface area contributed by atoms with Crippen LogP contribution in [0, 0.1) is 5.92 Å². The van der Waals surface area contributed by atoms with Crippen LogP contribution in [0.4, 0.5) is 0 Å². The number of Topliss-reactive ketones (excluding diaryl/α,β-unsaturated/α-hetero) is 1. The quantitative estimate of drug-likeness (QED) is 0.867. The van der Waals surface area contributed by atoms with Gasteiger partial charge in [0, 0.05) is 36.2 Å². The predicted molar refractivity (Wildman–Crippen MR) is 102 cm³/mol. The molecule has 2 heterocycles. The molecule has 1 aliphatic rings. The van der Waals surface area contributed by atoms with Crippen LogP contribution in [0.5, 0.6) is 11.5 Å². The van der Waals surface area contributed by atoms with Gasteiger partial charge in [-0.2, -0.15) is 0 Å². The first-order valence-corrected chi connectivity index (χ1v) is 9.11. The van der Waals surface area contributed by atoms with E-state index in [0.29, 0.717) is 40.7 Å². The van der Waals surface area contributed by atoms with Crippen molar-refractivity contribution in [1.29, 1.82) is 0 Å². The number of hydrogen-bond acceptors (Lipinski definition) is 5. The minimum atomic E-state index is -0.320. The Hall–Kier alpha value is -2.60. The van der Waals surface area contributed by atoms with Crippen molar-refractivity contribution in [3.63, 3.8) is 0 Å². The summed E-state index contributed by atoms with van der Waals surface area (Å²) in [5.74, 6) is -0.0559. The molecule has 1 aromatic carbocycles. The van der Waals surface area contributed by atoms with E-state index in [2.05, 4.69) is 4.98 Å². The van der Waals surface area contributed by atoms with E-state index >= 15 is 0 Å². The van der Waals surface area contributed by atoms with Crippen molar-refractivity contribution in [3.05, 3.63) is 41.0 Å². The average Bonchev–Trinajstić information content (AvgIpc) is 2.85. The van der Waals surface area contributed by atoms with Gasteiger partial charge in [0.05, 0.1) is 17.3 Å². The zero-order valence-corrected chi connectivity index (χ0v) is 16.0. The molecule has 0 spiro atoms. The van der Waals surface area contributed by atoms with Gasteiger partial charge in [0.15, 0.2) is 11.5 Å². The van der Waals surface area contributed by atoms with Gasteiger partial charge in [0.1, 0.15) is 12.4 Å². The zero-order valence-electron chi connectivity index (χ0n) is 15.2. The van der Waals surface area contributed by atoms with Crippen molar-refractivity contribution in [2.45, 2.75) is 26.8 Å². The standard InChI is InChI=1S/C20H21ClN2O4/c1-12(13(2)24)7-19(26)23-5-6-27-20-15(11-23)8-14(9-18(20)25)17-4-3-16(21)10-22-17/h3-4,8-10,12,25H,5-7,11H2,1-2H3. The van der Waals surface area contributed by atoms with Gasteiger partial charge < -0.3 is 14.7 Å². The lowest BCUT2D eigenvalue weighted by Crippen LogP contribution is -2.34. The van der Waals surface area contributed by atoms with Crippen molar-refractivity contribution in [1.82, 2.24) is 9.88 Å². The summed E-state index contributed by atoms with van der Waals surface area (Å²) in [6, 6.07) is 6.93. The first-order valence-electron chi connectivity index (χ1n) is 8.74. The molecule has 0 radical (unpaired) electrons. The molecule has 1 aromatic heterocycles. The molecule has 1 atom stereocenters. The molecular formula is C20H21ClN2O4. The summed E-state index contributed by atoms with van der Waals surface area (Å²) in [5.41, 5.74) is 2.06. The lowest BCUT2D eigenvalue weighted by molar-refractivity contribution is -0.135. The van der Waals surface area contributed by atoms with Gasteiger partial charge in [0.25, 0.3) is 0 Å². The number of carbonyl (C=O) groups is 2. The fraction of sp³-hybridized carbons (Fsp3) is 0.350. The largest absolute Gasteiger partial charge is 0.504 e. The van der Waals surface area contributed by atoms with Crippen molar-refractivity contribution < 1.29 is 19.4 Å². The number of aromatic hydroxyl groups is 1. The van der Waals surface area contributed by atoms with Gasteiger partial charge in [-0.1, -0.05) is 18.5 Å². The molecule has 0 fully saturated rings. The molecule has 3 rings (SSSR count). The van der Waals surface area contributed by atoms with E-state index in [1.807, 2.05) is 6.07 Å². The van der Waals surface area contributed by atoms with Crippen LogP contribution in [0.3, 0.4) is 0 Å². The van der Waals surface area contributed by atoms with Gasteiger partial charge in [-0.25, -0.2) is 0 Å². The topological polar surface area (TPSA) is 79.7 Å². The van der Waals surface area contributed by atoms with Gasteiger partial charge in [-0.3, -0.25) is 14.6 Å². The van der Waals surface area contributed by atoms with E-state index in [0.717, 1.165) is 0 Å². The number of pyridine rings is 1. The lowest BCUT2D eigenvalue weighted by Gasteiger charge is -2.21. The maximum absolute atomic E-state index is 12.6. The van der Waals surface area contributed by atoms with Crippen LogP contribution in [0.1, 0.15) is 25.8 Å². The second-order valence-corrected chi connectivity index (χ2v) is 7.16. The van der Waals surface area contributed by atoms with Crippen molar-refractivity contribution in [2.24, 2.45) is 5.92 Å². The van der Waals surface area contributed by atoms with Crippen LogP contribution in [0.2, 0.25) is 5.02 Å². The van der Waals surface area contributed by atoms with Crippen LogP contribution in [0.25, 0.3) is 11.3 Å². The normalized spacial score (nSPS) is 14.7. The summed E-state index contributed by atoms with van der Waals surface area (Å²) in [5, 5.41) is 10.9. The number of benzene rings is 1. The predicted octanol–water partition coefficient (Wildman–Crippen LogP) is 3.44. The number of amides is 1. The summed E-state index contributed by atoms with van der Waals surface area (Å²) < 4.78 is 5.67. The second kappa shape index (κ2) is 7.96. The second-order valence-electron chi connectivity index (χ2n) is 6.72. The molecule has 0 bridgehead atoms. The minimum absolute atomic E-state index is 0.00523. The van der Waals surface area contributed by atoms with Crippen LogP contribution >= 0.6 is 11.6 Å². The van der Waals surface area contributed by atoms with Crippen LogP contribution in [0.15, 0.2) is 30.5 Å². The van der Waals surface area contributed by atoms with E-state index in [4.69, 9.17) is 16.3 Å². The van der Waals surface area contributed by atoms with E-state index in [9.17, 15) is 14.7 Å². The van der Waals surface area contributed by atoms with Crippen LogP contribution in [-0.2, 0) is 16.1 Å². The number of ether oxygens (including phenoxy) is 1. The average molecular weight is 389 g/mol. The molecule has 1 unspecified atom stereocenters. The number of hydrogen-bond donors (Lipinski definition) is 1. The molecule has 27 heavy (non-hydrogen) atoms. The Balaban J connectivity index is 1.88. The van der Waals surface area contributed by atoms with Crippen LogP contribution < -0.4 is 4.74 Å². The number of carbonyl (C=O) groups excluding carboxylic acids is 2. The molecule has 1 amide bonds. The number of aromatic nitrogens is 1. The molecule has 0 saturated heterocycles. The van der Waals surface area contributed by atoms with Crippen LogP contribution in [-0.4, -0.2) is 39.8 Å². The van der Waals surface area contributed by atoms with Crippen molar-refractivity contribution in [2.75, 3.05) is 13.2 Å². The lowest BCUT2D eigenvalue weighted by atomic mass is 10.0. The van der Waals surface area contributed by atoms with E-state index in [1.165, 1.54) is 13.1 Å². The number of ketones is 1. The number of rotatable bonds is 4. The number of halogens is 1. The number of nitrogens with zero attached hydrogens (tertiary/aromatic N) is 2. The summed E-state index contributed by atoms with van der Waals surface area (Å²) in [4.78, 5) is 30.0. The highest BCUT2D eigenvalue weighted by Crippen LogP contribution is 2.37. The summed E-state index contributed by atoms with van der Waals surface area (Å²) in [6.45, 7) is 4.21. The number of phenolic OH excluding ortho intramolecular Hbond substituents is 1. The zero-order chi connectivity index (χ0) is 19.6. The number of fused-ring (bicyclic) bond motifs is 1. The van der Waals surface area contributed by atoms with E-state index in [1.54, 1.807) is 30.0 Å². The summed E-state index contributed by atoms with van der Waals surface area (Å²) >= 11 is 5.88. The van der Waals surface area contributed by atoms with Crippen molar-refractivity contribution >= 4 is 23.3 Å². The molecule has 0 aliphatic carbocycles. The van der Waals surface area contributed by atoms with Gasteiger partial charge >= 0.3 is 0 Å². The van der Waals surface area contributed by atoms with E-state index in [-0.39, 0.29) is 36.4 Å². The Labute approximate surface area is 162 Å². The van der Waals surface area contributed by atoms with E-state index < -0.39 is 0 Å². The molecular weight excluding hydrogens is 368 g/mol. The Kier molecular flexibility index (Phi) is 5.65. The third-order valence-electron chi connectivity index (χ3n) is 4.67.